The van der Waals surface area contributed by atoms with Crippen LogP contribution in [0.4, 0.5) is 4.39 Å². The van der Waals surface area contributed by atoms with Gasteiger partial charge in [-0.15, -0.1) is 0 Å². The van der Waals surface area contributed by atoms with E-state index >= 15 is 0 Å². The van der Waals surface area contributed by atoms with Crippen molar-refractivity contribution >= 4 is 35.0 Å². The van der Waals surface area contributed by atoms with Gasteiger partial charge in [-0.3, -0.25) is 4.57 Å². The first-order valence-corrected chi connectivity index (χ1v) is 6.93. The molecule has 20 heavy (non-hydrogen) atoms. The van der Waals surface area contributed by atoms with E-state index in [0.29, 0.717) is 15.5 Å². The number of rotatable bonds is 2. The molecule has 2 aromatic heterocycles. The molecule has 3 rings (SSSR count). The minimum atomic E-state index is -0.384. The summed E-state index contributed by atoms with van der Waals surface area (Å²) in [5.74, 6) is -0.384. The molecule has 0 aliphatic rings. The summed E-state index contributed by atoms with van der Waals surface area (Å²) < 4.78 is 17.8. The molecule has 0 bridgehead atoms. The molecule has 0 aliphatic carbocycles. The predicted molar refractivity (Wildman–Crippen MR) is 79.6 cm³/mol. The van der Waals surface area contributed by atoms with Crippen molar-refractivity contribution in [1.29, 1.82) is 0 Å². The van der Waals surface area contributed by atoms with E-state index in [-0.39, 0.29) is 5.82 Å². The molecule has 3 aromatic rings. The van der Waals surface area contributed by atoms with E-state index < -0.39 is 0 Å². The van der Waals surface area contributed by atoms with Crippen LogP contribution in [0.1, 0.15) is 12.6 Å². The van der Waals surface area contributed by atoms with E-state index in [9.17, 15) is 4.39 Å². The monoisotopic (exact) mass is 310 g/mol. The van der Waals surface area contributed by atoms with E-state index in [2.05, 4.69) is 10.1 Å². The molecule has 0 atom stereocenters. The molecule has 7 heteroatoms. The normalized spacial score (nSPS) is 11.4. The number of nitrogens with zero attached hydrogens (tertiary/aromatic N) is 3. The quantitative estimate of drug-likeness (QED) is 0.732. The fourth-order valence-corrected chi connectivity index (χ4v) is 2.79. The summed E-state index contributed by atoms with van der Waals surface area (Å²) in [5, 5.41) is 4.86. The molecule has 0 saturated carbocycles. The number of aryl methyl sites for hydroxylation is 2. The number of aromatic nitrogens is 4. The lowest BCUT2D eigenvalue weighted by Crippen LogP contribution is -2.03. The van der Waals surface area contributed by atoms with Crippen molar-refractivity contribution in [3.63, 3.8) is 0 Å². The van der Waals surface area contributed by atoms with Gasteiger partial charge < -0.3 is 4.98 Å². The Kier molecular flexibility index (Phi) is 3.14. The molecule has 0 radical (unpaired) electrons. The Morgan fingerprint density at radius 3 is 2.90 bits per heavy atom. The van der Waals surface area contributed by atoms with Crippen molar-refractivity contribution in [3.05, 3.63) is 39.5 Å². The van der Waals surface area contributed by atoms with Crippen LogP contribution in [-0.4, -0.2) is 19.3 Å². The maximum Gasteiger partial charge on any atom is 0.184 e. The highest BCUT2D eigenvalue weighted by Gasteiger charge is 2.17. The molecule has 0 aliphatic heterocycles. The second-order valence-electron chi connectivity index (χ2n) is 4.48. The zero-order valence-corrected chi connectivity index (χ0v) is 12.5. The van der Waals surface area contributed by atoms with Crippen LogP contribution in [-0.2, 0) is 13.5 Å². The van der Waals surface area contributed by atoms with Gasteiger partial charge >= 0.3 is 0 Å². The highest BCUT2D eigenvalue weighted by Crippen LogP contribution is 2.25. The number of hydrogen-bond acceptors (Lipinski definition) is 2. The van der Waals surface area contributed by atoms with Crippen LogP contribution in [0, 0.1) is 10.6 Å². The van der Waals surface area contributed by atoms with E-state index in [0.717, 1.165) is 23.3 Å². The predicted octanol–water partition coefficient (Wildman–Crippen LogP) is 3.78. The average Bonchev–Trinajstić information content (AvgIpc) is 2.90. The maximum atomic E-state index is 14.1. The molecule has 1 aromatic carbocycles. The molecular formula is C13H12ClFN4S. The number of hydrogen-bond donors (Lipinski definition) is 1. The molecule has 0 amide bonds. The summed E-state index contributed by atoms with van der Waals surface area (Å²) in [5.41, 5.74) is 2.78. The van der Waals surface area contributed by atoms with Crippen LogP contribution in [0.3, 0.4) is 0 Å². The number of benzene rings is 1. The van der Waals surface area contributed by atoms with Crippen LogP contribution >= 0.6 is 23.8 Å². The third-order valence-corrected chi connectivity index (χ3v) is 3.74. The summed E-state index contributed by atoms with van der Waals surface area (Å²) in [6.07, 6.45) is 0.769. The van der Waals surface area contributed by atoms with Crippen molar-refractivity contribution in [2.24, 2.45) is 7.05 Å². The SMILES string of the molecule is CCc1nn(C)c2c1[nH]c(=S)n2-c1cc(Cl)ccc1F. The maximum absolute atomic E-state index is 14.1. The number of fused-ring (bicyclic) bond motifs is 1. The fraction of sp³-hybridized carbons (Fsp3) is 0.231. The summed E-state index contributed by atoms with van der Waals surface area (Å²) >= 11 is 11.3. The third kappa shape index (κ3) is 1.87. The Morgan fingerprint density at radius 2 is 2.20 bits per heavy atom. The molecule has 1 N–H and O–H groups in total. The van der Waals surface area contributed by atoms with Crippen LogP contribution in [0.25, 0.3) is 16.9 Å². The second kappa shape index (κ2) is 4.71. The lowest BCUT2D eigenvalue weighted by Gasteiger charge is -2.06. The molecule has 0 saturated heterocycles. The molecule has 4 nitrogen and oxygen atoms in total. The van der Waals surface area contributed by atoms with Gasteiger partial charge in [-0.05, 0) is 36.8 Å². The van der Waals surface area contributed by atoms with Gasteiger partial charge in [-0.2, -0.15) is 5.10 Å². The van der Waals surface area contributed by atoms with Crippen LogP contribution < -0.4 is 0 Å². The molecular weight excluding hydrogens is 299 g/mol. The lowest BCUT2D eigenvalue weighted by molar-refractivity contribution is 0.616. The number of halogens is 2. The molecule has 0 spiro atoms. The topological polar surface area (TPSA) is 38.5 Å². The van der Waals surface area contributed by atoms with Crippen LogP contribution in [0.5, 0.6) is 0 Å². The lowest BCUT2D eigenvalue weighted by atomic mass is 10.3. The summed E-state index contributed by atoms with van der Waals surface area (Å²) in [6.45, 7) is 2.01. The van der Waals surface area contributed by atoms with Gasteiger partial charge in [0.1, 0.15) is 11.3 Å². The Labute approximate surface area is 124 Å². The Balaban J connectivity index is 2.42. The zero-order chi connectivity index (χ0) is 14.4. The van der Waals surface area contributed by atoms with Crippen molar-refractivity contribution in [1.82, 2.24) is 19.3 Å². The van der Waals surface area contributed by atoms with Gasteiger partial charge in [0, 0.05) is 12.1 Å². The van der Waals surface area contributed by atoms with Crippen LogP contribution in [0.15, 0.2) is 18.2 Å². The van der Waals surface area contributed by atoms with Crippen LogP contribution in [0.2, 0.25) is 5.02 Å². The van der Waals surface area contributed by atoms with E-state index in [1.54, 1.807) is 15.3 Å². The minimum Gasteiger partial charge on any atom is -0.327 e. The van der Waals surface area contributed by atoms with E-state index in [1.807, 2.05) is 14.0 Å². The number of H-pyrrole nitrogens is 1. The fourth-order valence-electron chi connectivity index (χ4n) is 2.34. The Morgan fingerprint density at radius 1 is 1.45 bits per heavy atom. The van der Waals surface area contributed by atoms with Crippen molar-refractivity contribution in [2.45, 2.75) is 13.3 Å². The van der Waals surface area contributed by atoms with E-state index in [1.165, 1.54) is 12.1 Å². The average molecular weight is 311 g/mol. The molecule has 104 valence electrons. The number of aromatic amines is 1. The number of imidazole rings is 1. The summed E-state index contributed by atoms with van der Waals surface area (Å²) in [6, 6.07) is 4.39. The molecule has 0 fully saturated rings. The summed E-state index contributed by atoms with van der Waals surface area (Å²) in [7, 11) is 1.81. The standard InChI is InChI=1S/C13H12ClFN4S/c1-3-9-11-12(18(2)17-9)19(13(20)16-11)10-6-7(14)4-5-8(10)15/h4-6H,3H2,1-2H3,(H,16,20). The second-order valence-corrected chi connectivity index (χ2v) is 5.31. The first-order chi connectivity index (χ1) is 9.52. The Hall–Kier alpha value is -1.66. The van der Waals surface area contributed by atoms with Crippen molar-refractivity contribution in [3.8, 4) is 5.69 Å². The largest absolute Gasteiger partial charge is 0.327 e. The van der Waals surface area contributed by atoms with Gasteiger partial charge in [-0.1, -0.05) is 18.5 Å². The molecule has 0 unspecified atom stereocenters. The first kappa shape index (κ1) is 13.3. The number of nitrogens with one attached hydrogen (secondary N) is 1. The van der Waals surface area contributed by atoms with E-state index in [4.69, 9.17) is 23.8 Å². The van der Waals surface area contributed by atoms with Crippen molar-refractivity contribution in [2.75, 3.05) is 0 Å². The highest BCUT2D eigenvalue weighted by molar-refractivity contribution is 7.71. The first-order valence-electron chi connectivity index (χ1n) is 6.15. The smallest absolute Gasteiger partial charge is 0.184 e. The molecule has 2 heterocycles. The van der Waals surface area contributed by atoms with Gasteiger partial charge in [0.25, 0.3) is 0 Å². The van der Waals surface area contributed by atoms with Gasteiger partial charge in [0.15, 0.2) is 10.4 Å². The summed E-state index contributed by atoms with van der Waals surface area (Å²) in [4.78, 5) is 3.10. The van der Waals surface area contributed by atoms with Gasteiger partial charge in [-0.25, -0.2) is 9.07 Å². The highest BCUT2D eigenvalue weighted by atomic mass is 35.5. The van der Waals surface area contributed by atoms with Gasteiger partial charge in [0.2, 0.25) is 0 Å². The van der Waals surface area contributed by atoms with Crippen molar-refractivity contribution < 1.29 is 4.39 Å². The Bertz CT molecular complexity index is 861. The zero-order valence-electron chi connectivity index (χ0n) is 10.9. The minimum absolute atomic E-state index is 0.319. The third-order valence-electron chi connectivity index (χ3n) is 3.22. The van der Waals surface area contributed by atoms with Gasteiger partial charge in [0.05, 0.1) is 11.4 Å².